The van der Waals surface area contributed by atoms with Crippen LogP contribution in [0.4, 0.5) is 10.6 Å². The molecule has 1 fully saturated rings. The van der Waals surface area contributed by atoms with Gasteiger partial charge in [-0.15, -0.1) is 0 Å². The van der Waals surface area contributed by atoms with E-state index in [4.69, 9.17) is 4.74 Å². The van der Waals surface area contributed by atoms with Crippen molar-refractivity contribution in [3.63, 3.8) is 0 Å². The molecule has 7 heteroatoms. The molecular formula is C18H28N4O3. The normalized spacial score (nSPS) is 22.3. The molecule has 1 aromatic heterocycles. The van der Waals surface area contributed by atoms with Crippen molar-refractivity contribution in [3.8, 4) is 0 Å². The SMILES string of the molecule is CCC[C@@H]1C[C@H]1C(=O)Nc1n[nH]c2c1CN(C(=O)OC(C)(C)C)CC2. The molecule has 1 aliphatic carbocycles. The quantitative estimate of drug-likeness (QED) is 0.875. The van der Waals surface area contributed by atoms with Crippen molar-refractivity contribution in [1.29, 1.82) is 0 Å². The Kier molecular flexibility index (Phi) is 4.75. The fourth-order valence-electron chi connectivity index (χ4n) is 3.35. The smallest absolute Gasteiger partial charge is 0.410 e. The molecule has 0 spiro atoms. The number of fused-ring (bicyclic) bond motifs is 1. The zero-order valence-electron chi connectivity index (χ0n) is 15.5. The molecule has 1 saturated carbocycles. The number of hydrogen-bond acceptors (Lipinski definition) is 4. The van der Waals surface area contributed by atoms with Crippen molar-refractivity contribution in [2.75, 3.05) is 11.9 Å². The fraction of sp³-hybridized carbons (Fsp3) is 0.722. The minimum atomic E-state index is -0.523. The van der Waals surface area contributed by atoms with Crippen LogP contribution in [0.1, 0.15) is 58.2 Å². The number of H-pyrrole nitrogens is 1. The molecule has 25 heavy (non-hydrogen) atoms. The molecule has 1 aromatic rings. The molecule has 2 heterocycles. The van der Waals surface area contributed by atoms with E-state index in [1.165, 1.54) is 0 Å². The number of carbonyl (C=O) groups is 2. The Morgan fingerprint density at radius 1 is 1.40 bits per heavy atom. The molecule has 138 valence electrons. The lowest BCUT2D eigenvalue weighted by Crippen LogP contribution is -2.40. The molecule has 0 saturated heterocycles. The third-order valence-corrected chi connectivity index (χ3v) is 4.75. The summed E-state index contributed by atoms with van der Waals surface area (Å²) in [5.41, 5.74) is 1.35. The number of anilines is 1. The lowest BCUT2D eigenvalue weighted by atomic mass is 10.1. The number of nitrogens with zero attached hydrogens (tertiary/aromatic N) is 2. The van der Waals surface area contributed by atoms with Gasteiger partial charge in [-0.05, 0) is 39.5 Å². The monoisotopic (exact) mass is 348 g/mol. The molecule has 0 radical (unpaired) electrons. The number of ether oxygens (including phenoxy) is 1. The van der Waals surface area contributed by atoms with Crippen LogP contribution in [0, 0.1) is 11.8 Å². The van der Waals surface area contributed by atoms with Crippen LogP contribution in [-0.2, 0) is 22.5 Å². The second-order valence-electron chi connectivity index (χ2n) is 8.06. The summed E-state index contributed by atoms with van der Waals surface area (Å²) in [5.74, 6) is 1.22. The van der Waals surface area contributed by atoms with Gasteiger partial charge in [0, 0.05) is 30.1 Å². The number of nitrogens with one attached hydrogen (secondary N) is 2. The van der Waals surface area contributed by atoms with Gasteiger partial charge in [0.2, 0.25) is 5.91 Å². The first-order chi connectivity index (χ1) is 11.8. The number of aromatic amines is 1. The van der Waals surface area contributed by atoms with Crippen LogP contribution >= 0.6 is 0 Å². The molecule has 3 rings (SSSR count). The average Bonchev–Trinajstić information content (AvgIpc) is 3.19. The summed E-state index contributed by atoms with van der Waals surface area (Å²) in [6, 6.07) is 0. The average molecular weight is 348 g/mol. The second-order valence-corrected chi connectivity index (χ2v) is 8.06. The molecule has 0 unspecified atom stereocenters. The molecule has 2 atom stereocenters. The zero-order chi connectivity index (χ0) is 18.2. The van der Waals surface area contributed by atoms with Gasteiger partial charge in [-0.2, -0.15) is 5.10 Å². The maximum Gasteiger partial charge on any atom is 0.410 e. The molecule has 0 bridgehead atoms. The van der Waals surface area contributed by atoms with E-state index in [9.17, 15) is 9.59 Å². The third-order valence-electron chi connectivity index (χ3n) is 4.75. The summed E-state index contributed by atoms with van der Waals surface area (Å²) in [6.07, 6.45) is 3.53. The summed E-state index contributed by atoms with van der Waals surface area (Å²) >= 11 is 0. The first-order valence-electron chi connectivity index (χ1n) is 9.13. The Morgan fingerprint density at radius 2 is 2.16 bits per heavy atom. The highest BCUT2D eigenvalue weighted by atomic mass is 16.6. The highest BCUT2D eigenvalue weighted by Crippen LogP contribution is 2.42. The van der Waals surface area contributed by atoms with Crippen molar-refractivity contribution in [2.24, 2.45) is 11.8 Å². The third kappa shape index (κ3) is 4.14. The summed E-state index contributed by atoms with van der Waals surface area (Å²) in [4.78, 5) is 26.3. The van der Waals surface area contributed by atoms with Crippen LogP contribution in [-0.4, -0.2) is 39.2 Å². The lowest BCUT2D eigenvalue weighted by Gasteiger charge is -2.30. The second kappa shape index (κ2) is 6.69. The number of aromatic nitrogens is 2. The van der Waals surface area contributed by atoms with E-state index < -0.39 is 5.60 Å². The maximum absolute atomic E-state index is 12.4. The van der Waals surface area contributed by atoms with E-state index in [0.717, 1.165) is 30.5 Å². The highest BCUT2D eigenvalue weighted by Gasteiger charge is 2.42. The molecule has 2 N–H and O–H groups in total. The van der Waals surface area contributed by atoms with Crippen LogP contribution in [0.2, 0.25) is 0 Å². The van der Waals surface area contributed by atoms with Gasteiger partial charge in [-0.3, -0.25) is 9.89 Å². The van der Waals surface area contributed by atoms with Crippen LogP contribution < -0.4 is 5.32 Å². The lowest BCUT2D eigenvalue weighted by molar-refractivity contribution is -0.117. The van der Waals surface area contributed by atoms with E-state index >= 15 is 0 Å². The molecule has 1 aliphatic heterocycles. The van der Waals surface area contributed by atoms with Gasteiger partial charge < -0.3 is 15.0 Å². The van der Waals surface area contributed by atoms with Gasteiger partial charge in [0.25, 0.3) is 0 Å². The summed E-state index contributed by atoms with van der Waals surface area (Å²) in [7, 11) is 0. The molecule has 2 amide bonds. The van der Waals surface area contributed by atoms with Gasteiger partial charge in [-0.25, -0.2) is 4.79 Å². The van der Waals surface area contributed by atoms with E-state index in [0.29, 0.717) is 31.2 Å². The number of rotatable bonds is 4. The number of hydrogen-bond donors (Lipinski definition) is 2. The van der Waals surface area contributed by atoms with Gasteiger partial charge in [0.1, 0.15) is 5.60 Å². The first kappa shape index (κ1) is 17.8. The zero-order valence-corrected chi connectivity index (χ0v) is 15.5. The Bertz CT molecular complexity index is 662. The van der Waals surface area contributed by atoms with Crippen LogP contribution in [0.3, 0.4) is 0 Å². The predicted octanol–water partition coefficient (Wildman–Crippen LogP) is 3.08. The molecule has 2 aliphatic rings. The van der Waals surface area contributed by atoms with Crippen molar-refractivity contribution in [3.05, 3.63) is 11.3 Å². The minimum Gasteiger partial charge on any atom is -0.444 e. The Morgan fingerprint density at radius 3 is 2.84 bits per heavy atom. The Balaban J connectivity index is 1.63. The van der Waals surface area contributed by atoms with Crippen molar-refractivity contribution in [2.45, 2.75) is 65.5 Å². The molecular weight excluding hydrogens is 320 g/mol. The van der Waals surface area contributed by atoms with Crippen LogP contribution in [0.25, 0.3) is 0 Å². The van der Waals surface area contributed by atoms with E-state index in [1.807, 2.05) is 20.8 Å². The first-order valence-corrected chi connectivity index (χ1v) is 9.13. The number of carbonyl (C=O) groups excluding carboxylic acids is 2. The van der Waals surface area contributed by atoms with Crippen LogP contribution in [0.15, 0.2) is 0 Å². The largest absolute Gasteiger partial charge is 0.444 e. The van der Waals surface area contributed by atoms with Gasteiger partial charge >= 0.3 is 6.09 Å². The van der Waals surface area contributed by atoms with Crippen molar-refractivity contribution in [1.82, 2.24) is 15.1 Å². The molecule has 0 aromatic carbocycles. The standard InChI is InChI=1S/C18H28N4O3/c1-5-6-11-9-12(11)16(23)19-15-13-10-22(8-7-14(13)20-21-15)17(24)25-18(2,3)4/h11-12H,5-10H2,1-4H3,(H2,19,20,21,23)/t11-,12-/m1/s1. The van der Waals surface area contributed by atoms with Crippen molar-refractivity contribution >= 4 is 17.8 Å². The van der Waals surface area contributed by atoms with Crippen molar-refractivity contribution < 1.29 is 14.3 Å². The maximum atomic E-state index is 12.4. The Labute approximate surface area is 148 Å². The predicted molar refractivity (Wildman–Crippen MR) is 94.1 cm³/mol. The molecule has 7 nitrogen and oxygen atoms in total. The summed E-state index contributed by atoms with van der Waals surface area (Å²) < 4.78 is 5.45. The van der Waals surface area contributed by atoms with Crippen LogP contribution in [0.5, 0.6) is 0 Å². The van der Waals surface area contributed by atoms with E-state index in [2.05, 4.69) is 22.4 Å². The summed E-state index contributed by atoms with van der Waals surface area (Å²) in [6.45, 7) is 8.69. The van der Waals surface area contributed by atoms with E-state index in [-0.39, 0.29) is 17.9 Å². The van der Waals surface area contributed by atoms with Gasteiger partial charge in [-0.1, -0.05) is 13.3 Å². The minimum absolute atomic E-state index is 0.0436. The van der Waals surface area contributed by atoms with Gasteiger partial charge in [0.05, 0.1) is 6.54 Å². The highest BCUT2D eigenvalue weighted by molar-refractivity contribution is 5.94. The topological polar surface area (TPSA) is 87.3 Å². The van der Waals surface area contributed by atoms with Gasteiger partial charge in [0.15, 0.2) is 5.82 Å². The Hall–Kier alpha value is -2.05. The fourth-order valence-corrected chi connectivity index (χ4v) is 3.35. The summed E-state index contributed by atoms with van der Waals surface area (Å²) in [5, 5.41) is 10.2. The number of amides is 2. The van der Waals surface area contributed by atoms with E-state index in [1.54, 1.807) is 4.90 Å².